The lowest BCUT2D eigenvalue weighted by atomic mass is 9.93. The van der Waals surface area contributed by atoms with Crippen LogP contribution in [-0.4, -0.2) is 18.5 Å². The molecule has 0 atom stereocenters. The maximum Gasteiger partial charge on any atom is 0.0404 e. The van der Waals surface area contributed by atoms with Gasteiger partial charge in [0, 0.05) is 18.5 Å². The van der Waals surface area contributed by atoms with Crippen LogP contribution in [0.4, 0.5) is 0 Å². The molecule has 58 valence electrons. The molecule has 1 saturated carbocycles. The summed E-state index contributed by atoms with van der Waals surface area (Å²) in [4.78, 5) is 0. The van der Waals surface area contributed by atoms with Crippen LogP contribution in [0.1, 0.15) is 19.3 Å². The minimum absolute atomic E-state index is 0.631. The summed E-state index contributed by atoms with van der Waals surface area (Å²) in [5, 5.41) is 3.41. The number of halogens is 1. The van der Waals surface area contributed by atoms with E-state index in [0.717, 1.165) is 12.6 Å². The summed E-state index contributed by atoms with van der Waals surface area (Å²) in [5.74, 6) is 0.631. The van der Waals surface area contributed by atoms with Gasteiger partial charge in [0.1, 0.15) is 0 Å². The van der Waals surface area contributed by atoms with Crippen LogP contribution < -0.4 is 5.32 Å². The van der Waals surface area contributed by atoms with Crippen LogP contribution in [0.2, 0.25) is 0 Å². The first-order valence-electron chi connectivity index (χ1n) is 3.88. The standard InChI is InChI=1S/C8H14ClN/c9-6-1-2-7-10-8-4-3-5-8/h1-2,8,10H,3-7H2/b2-1+. The minimum Gasteiger partial charge on any atom is -0.311 e. The Balaban J connectivity index is 1.89. The van der Waals surface area contributed by atoms with Gasteiger partial charge >= 0.3 is 0 Å². The summed E-state index contributed by atoms with van der Waals surface area (Å²) in [6.07, 6.45) is 8.18. The Bertz CT molecular complexity index is 108. The monoisotopic (exact) mass is 159 g/mol. The topological polar surface area (TPSA) is 12.0 Å². The number of rotatable bonds is 4. The molecule has 1 rings (SSSR count). The van der Waals surface area contributed by atoms with Gasteiger partial charge in [-0.25, -0.2) is 0 Å². The Morgan fingerprint density at radius 3 is 2.70 bits per heavy atom. The minimum atomic E-state index is 0.631. The third-order valence-corrected chi connectivity index (χ3v) is 2.06. The molecule has 1 aliphatic carbocycles. The van der Waals surface area contributed by atoms with E-state index in [2.05, 4.69) is 11.4 Å². The largest absolute Gasteiger partial charge is 0.311 e. The fourth-order valence-electron chi connectivity index (χ4n) is 0.993. The highest BCUT2D eigenvalue weighted by atomic mass is 35.5. The molecule has 1 N–H and O–H groups in total. The number of allylic oxidation sites excluding steroid dienone is 1. The normalized spacial score (nSPS) is 19.7. The maximum absolute atomic E-state index is 5.45. The lowest BCUT2D eigenvalue weighted by Gasteiger charge is -2.25. The Morgan fingerprint density at radius 2 is 2.20 bits per heavy atom. The second-order valence-corrected chi connectivity index (χ2v) is 2.97. The number of nitrogens with one attached hydrogen (secondary N) is 1. The van der Waals surface area contributed by atoms with Crippen LogP contribution in [0.5, 0.6) is 0 Å². The lowest BCUT2D eigenvalue weighted by molar-refractivity contribution is 0.351. The van der Waals surface area contributed by atoms with E-state index < -0.39 is 0 Å². The number of hydrogen-bond acceptors (Lipinski definition) is 1. The van der Waals surface area contributed by atoms with Gasteiger partial charge in [-0.15, -0.1) is 11.6 Å². The van der Waals surface area contributed by atoms with Crippen molar-refractivity contribution in [1.82, 2.24) is 5.32 Å². The predicted molar refractivity (Wildman–Crippen MR) is 45.5 cm³/mol. The van der Waals surface area contributed by atoms with Crippen LogP contribution in [0.3, 0.4) is 0 Å². The molecule has 0 spiro atoms. The first-order valence-corrected chi connectivity index (χ1v) is 4.41. The Labute approximate surface area is 67.5 Å². The Hall–Kier alpha value is -0.0100. The van der Waals surface area contributed by atoms with E-state index in [1.54, 1.807) is 0 Å². The molecule has 0 saturated heterocycles. The van der Waals surface area contributed by atoms with Crippen molar-refractivity contribution in [3.63, 3.8) is 0 Å². The zero-order chi connectivity index (χ0) is 7.23. The third-order valence-electron chi connectivity index (χ3n) is 1.89. The molecule has 0 aromatic heterocycles. The summed E-state index contributed by atoms with van der Waals surface area (Å²) in [7, 11) is 0. The molecule has 0 amide bonds. The molecule has 1 fully saturated rings. The second kappa shape index (κ2) is 4.75. The fourth-order valence-corrected chi connectivity index (χ4v) is 1.12. The van der Waals surface area contributed by atoms with E-state index in [9.17, 15) is 0 Å². The van der Waals surface area contributed by atoms with Crippen molar-refractivity contribution in [3.8, 4) is 0 Å². The van der Waals surface area contributed by atoms with Gasteiger partial charge in [-0.05, 0) is 12.8 Å². The predicted octanol–water partition coefficient (Wildman–Crippen LogP) is 1.92. The average Bonchev–Trinajstić information content (AvgIpc) is 1.84. The summed E-state index contributed by atoms with van der Waals surface area (Å²) < 4.78 is 0. The van der Waals surface area contributed by atoms with Gasteiger partial charge in [-0.2, -0.15) is 0 Å². The van der Waals surface area contributed by atoms with Crippen molar-refractivity contribution in [1.29, 1.82) is 0 Å². The third kappa shape index (κ3) is 2.72. The highest BCUT2D eigenvalue weighted by Gasteiger charge is 2.14. The van der Waals surface area contributed by atoms with Gasteiger partial charge in [-0.3, -0.25) is 0 Å². The van der Waals surface area contributed by atoms with E-state index in [1.165, 1.54) is 19.3 Å². The van der Waals surface area contributed by atoms with Crippen LogP contribution in [0, 0.1) is 0 Å². The van der Waals surface area contributed by atoms with Crippen LogP contribution >= 0.6 is 11.6 Å². The lowest BCUT2D eigenvalue weighted by Crippen LogP contribution is -2.34. The molecule has 0 aromatic rings. The molecule has 0 radical (unpaired) electrons. The van der Waals surface area contributed by atoms with Crippen LogP contribution in [0.15, 0.2) is 12.2 Å². The van der Waals surface area contributed by atoms with E-state index in [1.807, 2.05) is 6.08 Å². The molecule has 1 nitrogen and oxygen atoms in total. The van der Waals surface area contributed by atoms with Crippen LogP contribution in [-0.2, 0) is 0 Å². The van der Waals surface area contributed by atoms with Gasteiger partial charge in [0.2, 0.25) is 0 Å². The molecule has 0 aromatic carbocycles. The molecule has 0 bridgehead atoms. The molecule has 0 aliphatic heterocycles. The molecule has 2 heteroatoms. The maximum atomic E-state index is 5.45. The van der Waals surface area contributed by atoms with Crippen molar-refractivity contribution in [2.75, 3.05) is 12.4 Å². The van der Waals surface area contributed by atoms with Gasteiger partial charge in [0.15, 0.2) is 0 Å². The van der Waals surface area contributed by atoms with Crippen molar-refractivity contribution >= 4 is 11.6 Å². The molecule has 1 aliphatic rings. The number of alkyl halides is 1. The highest BCUT2D eigenvalue weighted by Crippen LogP contribution is 2.17. The first-order chi connectivity index (χ1) is 4.93. The molecule has 0 heterocycles. The Morgan fingerprint density at radius 1 is 1.40 bits per heavy atom. The smallest absolute Gasteiger partial charge is 0.0404 e. The first kappa shape index (κ1) is 8.09. The van der Waals surface area contributed by atoms with Gasteiger partial charge in [0.05, 0.1) is 0 Å². The van der Waals surface area contributed by atoms with E-state index >= 15 is 0 Å². The van der Waals surface area contributed by atoms with Crippen LogP contribution in [0.25, 0.3) is 0 Å². The molecule has 0 unspecified atom stereocenters. The second-order valence-electron chi connectivity index (χ2n) is 2.66. The van der Waals surface area contributed by atoms with E-state index in [-0.39, 0.29) is 0 Å². The zero-order valence-corrected chi connectivity index (χ0v) is 6.90. The average molecular weight is 160 g/mol. The van der Waals surface area contributed by atoms with Crippen molar-refractivity contribution in [2.45, 2.75) is 25.3 Å². The fraction of sp³-hybridized carbons (Fsp3) is 0.750. The van der Waals surface area contributed by atoms with Gasteiger partial charge in [-0.1, -0.05) is 18.6 Å². The summed E-state index contributed by atoms with van der Waals surface area (Å²) in [5.41, 5.74) is 0. The summed E-state index contributed by atoms with van der Waals surface area (Å²) >= 11 is 5.45. The summed E-state index contributed by atoms with van der Waals surface area (Å²) in [6, 6.07) is 0.792. The van der Waals surface area contributed by atoms with Crippen molar-refractivity contribution in [2.24, 2.45) is 0 Å². The Kier molecular flexibility index (Phi) is 3.84. The zero-order valence-electron chi connectivity index (χ0n) is 6.15. The summed E-state index contributed by atoms with van der Waals surface area (Å²) in [6.45, 7) is 0.984. The van der Waals surface area contributed by atoms with E-state index in [0.29, 0.717) is 5.88 Å². The number of hydrogen-bond donors (Lipinski definition) is 1. The van der Waals surface area contributed by atoms with Crippen molar-refractivity contribution < 1.29 is 0 Å². The van der Waals surface area contributed by atoms with Crippen molar-refractivity contribution in [3.05, 3.63) is 12.2 Å². The van der Waals surface area contributed by atoms with E-state index in [4.69, 9.17) is 11.6 Å². The molecule has 10 heavy (non-hydrogen) atoms. The van der Waals surface area contributed by atoms with Gasteiger partial charge in [0.25, 0.3) is 0 Å². The SMILES string of the molecule is ClC/C=C/CNC1CCC1. The van der Waals surface area contributed by atoms with Gasteiger partial charge < -0.3 is 5.32 Å². The molecular weight excluding hydrogens is 146 g/mol. The quantitative estimate of drug-likeness (QED) is 0.488. The molecular formula is C8H14ClN. The highest BCUT2D eigenvalue weighted by molar-refractivity contribution is 6.18.